The van der Waals surface area contributed by atoms with Gasteiger partial charge in [0, 0.05) is 17.1 Å². The van der Waals surface area contributed by atoms with Gasteiger partial charge in [-0.2, -0.15) is 0 Å². The minimum atomic E-state index is -0.0442. The van der Waals surface area contributed by atoms with E-state index in [1.807, 2.05) is 36.4 Å². The minimum Gasteiger partial charge on any atom is -0.508 e. The molecule has 0 aliphatic heterocycles. The molecule has 0 saturated heterocycles. The van der Waals surface area contributed by atoms with E-state index in [9.17, 15) is 9.90 Å². The van der Waals surface area contributed by atoms with Crippen LogP contribution in [0.5, 0.6) is 5.75 Å². The zero-order valence-electron chi connectivity index (χ0n) is 13.6. The Kier molecular flexibility index (Phi) is 5.36. The summed E-state index contributed by atoms with van der Waals surface area (Å²) in [5, 5.41) is 12.8. The molecule has 1 amide bonds. The van der Waals surface area contributed by atoms with E-state index in [1.54, 1.807) is 30.3 Å². The largest absolute Gasteiger partial charge is 0.508 e. The molecule has 4 heteroatoms. The number of benzene rings is 3. The van der Waals surface area contributed by atoms with Crippen LogP contribution in [0.25, 0.3) is 11.1 Å². The minimum absolute atomic E-state index is 0.0442. The number of rotatable bonds is 5. The lowest BCUT2D eigenvalue weighted by molar-refractivity contribution is -0.116. The van der Waals surface area contributed by atoms with Crippen LogP contribution in [0, 0.1) is 0 Å². The van der Waals surface area contributed by atoms with Crippen molar-refractivity contribution in [2.75, 3.05) is 5.32 Å². The van der Waals surface area contributed by atoms with Gasteiger partial charge < -0.3 is 10.4 Å². The second kappa shape index (κ2) is 7.86. The van der Waals surface area contributed by atoms with Crippen molar-refractivity contribution in [2.45, 2.75) is 12.8 Å². The molecular weight excluding hydrogens is 334 g/mol. The van der Waals surface area contributed by atoms with Gasteiger partial charge in [-0.15, -0.1) is 0 Å². The van der Waals surface area contributed by atoms with Crippen LogP contribution < -0.4 is 5.32 Å². The van der Waals surface area contributed by atoms with Gasteiger partial charge in [-0.1, -0.05) is 54.1 Å². The van der Waals surface area contributed by atoms with Gasteiger partial charge in [0.05, 0.1) is 0 Å². The average molecular weight is 352 g/mol. The van der Waals surface area contributed by atoms with Crippen molar-refractivity contribution in [3.05, 3.63) is 83.4 Å². The summed E-state index contributed by atoms with van der Waals surface area (Å²) in [6.07, 6.45) is 1.05. The monoisotopic (exact) mass is 351 g/mol. The van der Waals surface area contributed by atoms with E-state index in [4.69, 9.17) is 11.6 Å². The summed E-state index contributed by atoms with van der Waals surface area (Å²) in [7, 11) is 0. The van der Waals surface area contributed by atoms with Gasteiger partial charge >= 0.3 is 0 Å². The van der Waals surface area contributed by atoms with Crippen LogP contribution in [-0.2, 0) is 11.2 Å². The molecule has 0 aromatic heterocycles. The third-order valence-corrected chi connectivity index (χ3v) is 4.11. The molecular formula is C21H18ClNO2. The number of aryl methyl sites for hydroxylation is 1. The van der Waals surface area contributed by atoms with Crippen molar-refractivity contribution < 1.29 is 9.90 Å². The normalized spacial score (nSPS) is 10.4. The number of amides is 1. The molecule has 25 heavy (non-hydrogen) atoms. The van der Waals surface area contributed by atoms with Crippen LogP contribution in [0.4, 0.5) is 5.69 Å². The maximum atomic E-state index is 12.1. The molecule has 0 aliphatic rings. The fourth-order valence-corrected chi connectivity index (χ4v) is 2.80. The van der Waals surface area contributed by atoms with Crippen molar-refractivity contribution in [2.24, 2.45) is 0 Å². The second-order valence-electron chi connectivity index (χ2n) is 5.81. The van der Waals surface area contributed by atoms with E-state index in [1.165, 1.54) is 0 Å². The summed E-state index contributed by atoms with van der Waals surface area (Å²) in [5.74, 6) is 0.204. The summed E-state index contributed by atoms with van der Waals surface area (Å²) in [5.41, 5.74) is 3.89. The van der Waals surface area contributed by atoms with Gasteiger partial charge in [-0.25, -0.2) is 0 Å². The number of hydrogen-bond acceptors (Lipinski definition) is 2. The number of phenolic OH excluding ortho intramolecular Hbond substituents is 1. The molecule has 0 bridgehead atoms. The first-order valence-corrected chi connectivity index (χ1v) is 8.42. The van der Waals surface area contributed by atoms with Crippen LogP contribution in [0.1, 0.15) is 12.0 Å². The summed E-state index contributed by atoms with van der Waals surface area (Å²) in [6, 6.07) is 22.3. The highest BCUT2D eigenvalue weighted by molar-refractivity contribution is 6.30. The molecule has 3 aromatic carbocycles. The number of hydrogen-bond donors (Lipinski definition) is 2. The maximum Gasteiger partial charge on any atom is 0.224 e. The number of halogens is 1. The molecule has 0 unspecified atom stereocenters. The molecule has 0 spiro atoms. The number of nitrogens with one attached hydrogen (secondary N) is 1. The predicted molar refractivity (Wildman–Crippen MR) is 102 cm³/mol. The maximum absolute atomic E-state index is 12.1. The van der Waals surface area contributed by atoms with Gasteiger partial charge in [0.25, 0.3) is 0 Å². The van der Waals surface area contributed by atoms with Gasteiger partial charge in [0.15, 0.2) is 0 Å². The lowest BCUT2D eigenvalue weighted by atomic mass is 10.0. The van der Waals surface area contributed by atoms with Gasteiger partial charge in [0.1, 0.15) is 5.75 Å². The van der Waals surface area contributed by atoms with E-state index < -0.39 is 0 Å². The third kappa shape index (κ3) is 4.85. The lowest BCUT2D eigenvalue weighted by Crippen LogP contribution is -2.12. The molecule has 2 N–H and O–H groups in total. The Labute approximate surface area is 151 Å². The molecule has 3 nitrogen and oxygen atoms in total. The Morgan fingerprint density at radius 1 is 0.920 bits per heavy atom. The van der Waals surface area contributed by atoms with E-state index in [-0.39, 0.29) is 11.7 Å². The fourth-order valence-electron chi connectivity index (χ4n) is 2.61. The van der Waals surface area contributed by atoms with Gasteiger partial charge in [0.2, 0.25) is 5.91 Å². The average Bonchev–Trinajstić information content (AvgIpc) is 2.61. The fraction of sp³-hybridized carbons (Fsp3) is 0.0952. The first kappa shape index (κ1) is 17.1. The van der Waals surface area contributed by atoms with Crippen LogP contribution in [0.3, 0.4) is 0 Å². The van der Waals surface area contributed by atoms with Crippen molar-refractivity contribution in [3.8, 4) is 16.9 Å². The molecule has 0 atom stereocenters. The van der Waals surface area contributed by atoms with E-state index in [2.05, 4.69) is 11.4 Å². The molecule has 3 rings (SSSR count). The predicted octanol–water partition coefficient (Wildman–Crippen LogP) is 5.28. The Bertz CT molecular complexity index is 875. The van der Waals surface area contributed by atoms with Crippen molar-refractivity contribution in [1.82, 2.24) is 0 Å². The standard InChI is InChI=1S/C21H18ClNO2/c22-18-5-2-6-19(14-18)23-21(25)12-7-15-3-1-4-17(13-15)16-8-10-20(24)11-9-16/h1-6,8-11,13-14,24H,7,12H2,(H,23,25). The lowest BCUT2D eigenvalue weighted by Gasteiger charge is -2.07. The number of carbonyl (C=O) groups is 1. The summed E-state index contributed by atoms with van der Waals surface area (Å²) in [4.78, 5) is 12.1. The Morgan fingerprint density at radius 3 is 2.44 bits per heavy atom. The van der Waals surface area contributed by atoms with Crippen LogP contribution >= 0.6 is 11.6 Å². The highest BCUT2D eigenvalue weighted by Crippen LogP contribution is 2.23. The van der Waals surface area contributed by atoms with E-state index in [0.717, 1.165) is 16.7 Å². The number of aromatic hydroxyl groups is 1. The quantitative estimate of drug-likeness (QED) is 0.656. The third-order valence-electron chi connectivity index (χ3n) is 3.88. The Balaban J connectivity index is 1.62. The van der Waals surface area contributed by atoms with Gasteiger partial charge in [-0.05, 0) is 53.4 Å². The topological polar surface area (TPSA) is 49.3 Å². The molecule has 0 heterocycles. The SMILES string of the molecule is O=C(CCc1cccc(-c2ccc(O)cc2)c1)Nc1cccc(Cl)c1. The highest BCUT2D eigenvalue weighted by atomic mass is 35.5. The van der Waals surface area contributed by atoms with Crippen LogP contribution in [0.15, 0.2) is 72.8 Å². The zero-order valence-corrected chi connectivity index (χ0v) is 14.3. The summed E-state index contributed by atoms with van der Waals surface area (Å²) in [6.45, 7) is 0. The van der Waals surface area contributed by atoms with E-state index >= 15 is 0 Å². The van der Waals surface area contributed by atoms with Crippen LogP contribution in [-0.4, -0.2) is 11.0 Å². The van der Waals surface area contributed by atoms with Crippen molar-refractivity contribution in [3.63, 3.8) is 0 Å². The van der Waals surface area contributed by atoms with Gasteiger partial charge in [-0.3, -0.25) is 4.79 Å². The molecule has 0 radical (unpaired) electrons. The zero-order chi connectivity index (χ0) is 17.6. The molecule has 3 aromatic rings. The summed E-state index contributed by atoms with van der Waals surface area (Å²) >= 11 is 5.92. The first-order chi connectivity index (χ1) is 12.1. The first-order valence-electron chi connectivity index (χ1n) is 8.04. The Hall–Kier alpha value is -2.78. The molecule has 126 valence electrons. The molecule has 0 saturated carbocycles. The highest BCUT2D eigenvalue weighted by Gasteiger charge is 2.05. The number of anilines is 1. The van der Waals surface area contributed by atoms with E-state index in [0.29, 0.717) is 23.6 Å². The molecule has 0 fully saturated rings. The smallest absolute Gasteiger partial charge is 0.224 e. The number of carbonyl (C=O) groups excluding carboxylic acids is 1. The van der Waals surface area contributed by atoms with Crippen LogP contribution in [0.2, 0.25) is 5.02 Å². The second-order valence-corrected chi connectivity index (χ2v) is 6.24. The van der Waals surface area contributed by atoms with Crippen molar-refractivity contribution >= 4 is 23.2 Å². The van der Waals surface area contributed by atoms with Crippen molar-refractivity contribution in [1.29, 1.82) is 0 Å². The molecule has 0 aliphatic carbocycles. The summed E-state index contributed by atoms with van der Waals surface area (Å²) < 4.78 is 0. The number of phenols is 1. The Morgan fingerprint density at radius 2 is 1.68 bits per heavy atom.